The van der Waals surface area contributed by atoms with Crippen molar-refractivity contribution < 1.29 is 12.6 Å². The average Bonchev–Trinajstić information content (AvgIpc) is 2.44. The van der Waals surface area contributed by atoms with Crippen LogP contribution in [0.2, 0.25) is 0 Å². The van der Waals surface area contributed by atoms with E-state index in [2.05, 4.69) is 26.8 Å². The molecule has 0 aromatic heterocycles. The number of rotatable bonds is 5. The van der Waals surface area contributed by atoms with E-state index < -0.39 is 5.97 Å². The number of aliphatic carboxylic acids is 1. The van der Waals surface area contributed by atoms with Crippen molar-refractivity contribution >= 4 is 5.97 Å². The van der Waals surface area contributed by atoms with E-state index in [9.17, 15) is 4.79 Å². The van der Waals surface area contributed by atoms with Crippen LogP contribution in [0.15, 0.2) is 58.7 Å². The molecule has 2 heteroatoms. The van der Waals surface area contributed by atoms with Crippen LogP contribution in [0.3, 0.4) is 0 Å². The van der Waals surface area contributed by atoms with Gasteiger partial charge in [-0.25, -0.2) is 4.79 Å². The molecule has 1 aliphatic rings. The quantitative estimate of drug-likeness (QED) is 0.530. The minimum atomic E-state index is -1.10. The maximum atomic E-state index is 10.7. The first-order valence-electron chi connectivity index (χ1n) is 8.70. The Balaban J connectivity index is 3.04. The lowest BCUT2D eigenvalue weighted by molar-refractivity contribution is -0.131. The van der Waals surface area contributed by atoms with Gasteiger partial charge in [-0.05, 0) is 56.6 Å². The number of carboxylic acids is 1. The second kappa shape index (κ2) is 7.98. The Labute approximate surface area is 137 Å². The van der Waals surface area contributed by atoms with Gasteiger partial charge in [0.25, 0.3) is 0 Å². The minimum absolute atomic E-state index is 0.0146. The zero-order valence-corrected chi connectivity index (χ0v) is 14.3. The van der Waals surface area contributed by atoms with Crippen LogP contribution in [0.4, 0.5) is 0 Å². The first-order chi connectivity index (χ1) is 11.0. The summed E-state index contributed by atoms with van der Waals surface area (Å²) in [5, 5.41) is 8.72. The smallest absolute Gasteiger partial charge is 0.328 e. The molecule has 0 atom stereocenters. The predicted octanol–water partition coefficient (Wildman–Crippen LogP) is 5.60. The third-order valence-electron chi connectivity index (χ3n) is 3.96. The summed E-state index contributed by atoms with van der Waals surface area (Å²) >= 11 is 0. The molecule has 1 aliphatic carbocycles. The summed E-state index contributed by atoms with van der Waals surface area (Å²) in [5.74, 6) is -1.10. The van der Waals surface area contributed by atoms with Crippen molar-refractivity contribution in [1.29, 1.82) is 0 Å². The summed E-state index contributed by atoms with van der Waals surface area (Å²) in [7, 11) is 0. The van der Waals surface area contributed by atoms with E-state index in [0.717, 1.165) is 18.1 Å². The van der Waals surface area contributed by atoms with Crippen molar-refractivity contribution in [2.45, 2.75) is 53.9 Å². The molecule has 0 saturated heterocycles. The fourth-order valence-corrected chi connectivity index (χ4v) is 2.76. The molecule has 0 fully saturated rings. The fraction of sp³-hybridized carbons (Fsp3) is 0.450. The van der Waals surface area contributed by atoms with Crippen LogP contribution in [0.1, 0.15) is 56.6 Å². The van der Waals surface area contributed by atoms with Crippen LogP contribution in [0.5, 0.6) is 0 Å². The molecular formula is C20H28O2. The van der Waals surface area contributed by atoms with E-state index in [1.165, 1.54) is 30.9 Å². The molecule has 0 heterocycles. The molecule has 0 aliphatic heterocycles. The third kappa shape index (κ3) is 5.88. The molecule has 0 saturated carbocycles. The molecule has 0 spiro atoms. The van der Waals surface area contributed by atoms with Gasteiger partial charge in [-0.2, -0.15) is 0 Å². The SMILES string of the molecule is [2H]C(C=C(C)C=CC1=C(C)CCCC1(C)C)=C([2H])C(C)=CC(=O)O. The van der Waals surface area contributed by atoms with Gasteiger partial charge in [0.15, 0.2) is 0 Å². The average molecular weight is 302 g/mol. The molecule has 0 amide bonds. The first kappa shape index (κ1) is 15.1. The summed E-state index contributed by atoms with van der Waals surface area (Å²) in [6.45, 7) is 10.1. The lowest BCUT2D eigenvalue weighted by atomic mass is 9.72. The van der Waals surface area contributed by atoms with Crippen molar-refractivity contribution in [3.8, 4) is 0 Å². The molecular weight excluding hydrogens is 272 g/mol. The molecule has 2 nitrogen and oxygen atoms in total. The first-order valence-corrected chi connectivity index (χ1v) is 7.70. The molecule has 0 radical (unpaired) electrons. The highest BCUT2D eigenvalue weighted by atomic mass is 16.4. The van der Waals surface area contributed by atoms with E-state index in [1.807, 2.05) is 13.0 Å². The summed E-state index contributed by atoms with van der Waals surface area (Å²) in [6.07, 6.45) is 10.2. The van der Waals surface area contributed by atoms with Gasteiger partial charge in [-0.15, -0.1) is 0 Å². The van der Waals surface area contributed by atoms with E-state index in [0.29, 0.717) is 0 Å². The van der Waals surface area contributed by atoms with Crippen molar-refractivity contribution in [3.05, 3.63) is 58.7 Å². The van der Waals surface area contributed by atoms with E-state index in [-0.39, 0.29) is 23.1 Å². The Morgan fingerprint density at radius 1 is 1.32 bits per heavy atom. The van der Waals surface area contributed by atoms with Gasteiger partial charge in [0.2, 0.25) is 0 Å². The van der Waals surface area contributed by atoms with Gasteiger partial charge in [0.05, 0.1) is 2.74 Å². The number of carbonyl (C=O) groups is 1. The number of hydrogen-bond donors (Lipinski definition) is 1. The number of hydrogen-bond acceptors (Lipinski definition) is 1. The molecule has 0 bridgehead atoms. The highest BCUT2D eigenvalue weighted by Crippen LogP contribution is 2.40. The van der Waals surface area contributed by atoms with Gasteiger partial charge >= 0.3 is 5.97 Å². The molecule has 0 unspecified atom stereocenters. The second-order valence-corrected chi connectivity index (χ2v) is 6.59. The van der Waals surface area contributed by atoms with E-state index in [1.54, 1.807) is 6.08 Å². The summed E-state index contributed by atoms with van der Waals surface area (Å²) < 4.78 is 15.8. The lowest BCUT2D eigenvalue weighted by Crippen LogP contribution is -2.19. The minimum Gasteiger partial charge on any atom is -0.478 e. The molecule has 0 aromatic rings. The lowest BCUT2D eigenvalue weighted by Gasteiger charge is -2.32. The number of allylic oxidation sites excluding steroid dienone is 9. The van der Waals surface area contributed by atoms with Gasteiger partial charge in [0.1, 0.15) is 0 Å². The van der Waals surface area contributed by atoms with Crippen LogP contribution >= 0.6 is 0 Å². The fourth-order valence-electron chi connectivity index (χ4n) is 2.76. The van der Waals surface area contributed by atoms with Gasteiger partial charge in [0, 0.05) is 6.08 Å². The molecule has 0 aromatic carbocycles. The monoisotopic (exact) mass is 302 g/mol. The highest BCUT2D eigenvalue weighted by Gasteiger charge is 2.26. The normalized spacial score (nSPS) is 22.4. The zero-order valence-electron chi connectivity index (χ0n) is 16.3. The molecule has 120 valence electrons. The van der Waals surface area contributed by atoms with E-state index >= 15 is 0 Å². The Hall–Kier alpha value is -1.83. The van der Waals surface area contributed by atoms with Crippen molar-refractivity contribution in [2.75, 3.05) is 0 Å². The third-order valence-corrected chi connectivity index (χ3v) is 3.96. The van der Waals surface area contributed by atoms with Crippen LogP contribution in [0.25, 0.3) is 0 Å². The van der Waals surface area contributed by atoms with Crippen LogP contribution in [-0.2, 0) is 4.79 Å². The summed E-state index contributed by atoms with van der Waals surface area (Å²) in [5.41, 5.74) is 4.07. The molecule has 1 rings (SSSR count). The highest BCUT2D eigenvalue weighted by molar-refractivity contribution is 5.81. The van der Waals surface area contributed by atoms with Gasteiger partial charge in [-0.1, -0.05) is 55.3 Å². The van der Waals surface area contributed by atoms with Gasteiger partial charge < -0.3 is 5.11 Å². The molecule has 1 N–H and O–H groups in total. The van der Waals surface area contributed by atoms with Crippen LogP contribution in [0, 0.1) is 5.41 Å². The molecule has 22 heavy (non-hydrogen) atoms. The maximum absolute atomic E-state index is 10.7. The van der Waals surface area contributed by atoms with Gasteiger partial charge in [-0.3, -0.25) is 0 Å². The van der Waals surface area contributed by atoms with Crippen molar-refractivity contribution in [1.82, 2.24) is 0 Å². The summed E-state index contributed by atoms with van der Waals surface area (Å²) in [6, 6.07) is -0.0562. The predicted molar refractivity (Wildman–Crippen MR) is 93.8 cm³/mol. The zero-order chi connectivity index (χ0) is 18.5. The summed E-state index contributed by atoms with van der Waals surface area (Å²) in [4.78, 5) is 10.7. The van der Waals surface area contributed by atoms with E-state index in [4.69, 9.17) is 7.85 Å². The Kier molecular flexibility index (Phi) is 5.47. The maximum Gasteiger partial charge on any atom is 0.328 e. The second-order valence-electron chi connectivity index (χ2n) is 6.59. The van der Waals surface area contributed by atoms with Crippen LogP contribution < -0.4 is 0 Å². The van der Waals surface area contributed by atoms with Crippen molar-refractivity contribution in [3.63, 3.8) is 0 Å². The number of carboxylic acid groups (broad SMARTS) is 1. The van der Waals surface area contributed by atoms with Crippen LogP contribution in [-0.4, -0.2) is 11.1 Å². The Bertz CT molecular complexity index is 659. The largest absolute Gasteiger partial charge is 0.478 e. The standard InChI is InChI=1S/C20H28O2/c1-15(8-6-9-16(2)14-19(21)22)11-12-18-17(3)10-7-13-20(18,4)5/h6,8-9,11-12,14H,7,10,13H2,1-5H3,(H,21,22)/i6D,9D. The topological polar surface area (TPSA) is 37.3 Å². The van der Waals surface area contributed by atoms with Crippen molar-refractivity contribution in [2.24, 2.45) is 5.41 Å². The Morgan fingerprint density at radius 3 is 2.59 bits per heavy atom. The Morgan fingerprint density at radius 2 is 2.00 bits per heavy atom.